The molecule has 9 nitrogen and oxygen atoms in total. The smallest absolute Gasteiger partial charge is 0.339 e. The number of benzene rings is 1. The topological polar surface area (TPSA) is 122 Å². The number of carbonyl (C=O) groups excluding carboxylic acids is 1. The van der Waals surface area contributed by atoms with Crippen LogP contribution in [0.4, 0.5) is 0 Å². The third-order valence-electron chi connectivity index (χ3n) is 6.06. The normalized spacial score (nSPS) is 26.3. The third-order valence-corrected chi connectivity index (χ3v) is 7.82. The number of allylic oxidation sites excluding steroid dienone is 2. The van der Waals surface area contributed by atoms with Crippen LogP contribution in [0, 0.1) is 12.8 Å². The predicted molar refractivity (Wildman–Crippen MR) is 128 cm³/mol. The Kier molecular flexibility index (Phi) is 7.66. The molecule has 2 atom stereocenters. The van der Waals surface area contributed by atoms with Gasteiger partial charge < -0.3 is 17.8 Å². The molecule has 0 spiro atoms. The molecule has 2 aliphatic rings. The minimum atomic E-state index is -4.21. The zero-order valence-electron chi connectivity index (χ0n) is 20.6. The minimum Gasteiger partial charge on any atom is -0.387 e. The van der Waals surface area contributed by atoms with Gasteiger partial charge in [-0.2, -0.15) is 16.8 Å². The van der Waals surface area contributed by atoms with Gasteiger partial charge >= 0.3 is 20.2 Å². The summed E-state index contributed by atoms with van der Waals surface area (Å²) in [7, 11) is -6.70. The summed E-state index contributed by atoms with van der Waals surface area (Å²) in [6.45, 7) is 6.55. The highest BCUT2D eigenvalue weighted by Crippen LogP contribution is 2.40. The Labute approximate surface area is 206 Å². The van der Waals surface area contributed by atoms with Gasteiger partial charge in [-0.1, -0.05) is 24.6 Å². The van der Waals surface area contributed by atoms with E-state index in [1.807, 2.05) is 6.92 Å². The summed E-state index contributed by atoms with van der Waals surface area (Å²) < 4.78 is 71.7. The molecule has 1 aliphatic heterocycles. The number of hydrogen-bond acceptors (Lipinski definition) is 9. The van der Waals surface area contributed by atoms with Gasteiger partial charge in [0.05, 0.1) is 12.9 Å². The molecule has 0 aromatic heterocycles. The second-order valence-corrected chi connectivity index (χ2v) is 11.9. The van der Waals surface area contributed by atoms with Crippen molar-refractivity contribution in [2.75, 3.05) is 20.0 Å². The maximum atomic E-state index is 13.6. The highest BCUT2D eigenvalue weighted by atomic mass is 32.2. The Morgan fingerprint density at radius 2 is 1.66 bits per heavy atom. The van der Waals surface area contributed by atoms with Crippen molar-refractivity contribution < 1.29 is 39.5 Å². The monoisotopic (exact) mass is 526 g/mol. The first kappa shape index (κ1) is 27.1. The summed E-state index contributed by atoms with van der Waals surface area (Å²) in [4.78, 5) is 13.5. The number of ether oxygens (including phenoxy) is 2. The van der Waals surface area contributed by atoms with Gasteiger partial charge in [-0.3, -0.25) is 4.79 Å². The van der Waals surface area contributed by atoms with Crippen LogP contribution in [0.15, 0.2) is 63.5 Å². The lowest BCUT2D eigenvalue weighted by atomic mass is 9.82. The van der Waals surface area contributed by atoms with Gasteiger partial charge in [-0.25, -0.2) is 0 Å². The van der Waals surface area contributed by atoms with Crippen molar-refractivity contribution in [3.8, 4) is 0 Å². The van der Waals surface area contributed by atoms with E-state index in [1.165, 1.54) is 32.2 Å². The van der Waals surface area contributed by atoms with Gasteiger partial charge in [0.1, 0.15) is 16.4 Å². The minimum absolute atomic E-state index is 0.0327. The number of aryl methyl sites for hydroxylation is 1. The van der Waals surface area contributed by atoms with Crippen LogP contribution in [0.5, 0.6) is 0 Å². The molecule has 3 rings (SSSR count). The average Bonchev–Trinajstić information content (AvgIpc) is 2.77. The Bertz CT molecular complexity index is 1320. The summed E-state index contributed by atoms with van der Waals surface area (Å²) in [5, 5.41) is 0. The van der Waals surface area contributed by atoms with E-state index >= 15 is 0 Å². The first-order chi connectivity index (χ1) is 16.2. The lowest BCUT2D eigenvalue weighted by Gasteiger charge is -2.38. The summed E-state index contributed by atoms with van der Waals surface area (Å²) in [5.74, 6) is -2.67. The van der Waals surface area contributed by atoms with Crippen molar-refractivity contribution in [1.82, 2.24) is 0 Å². The van der Waals surface area contributed by atoms with Crippen molar-refractivity contribution in [1.29, 1.82) is 0 Å². The quantitative estimate of drug-likeness (QED) is 0.512. The van der Waals surface area contributed by atoms with Crippen molar-refractivity contribution in [2.24, 2.45) is 5.92 Å². The highest BCUT2D eigenvalue weighted by Gasteiger charge is 2.49. The molecular formula is C24H30O9S2. The van der Waals surface area contributed by atoms with E-state index in [9.17, 15) is 21.6 Å². The molecule has 0 amide bonds. The van der Waals surface area contributed by atoms with Crippen molar-refractivity contribution in [3.63, 3.8) is 0 Å². The SMILES string of the molecule is COC12OC/C(C)=C(/OS(C)(=O)=O)CCC(C)C(=CC(OS(=O)(=O)c3ccc(C)cc3)=C1C)C2=O. The van der Waals surface area contributed by atoms with Crippen LogP contribution in [0.25, 0.3) is 0 Å². The van der Waals surface area contributed by atoms with Crippen LogP contribution in [0.3, 0.4) is 0 Å². The number of hydrogen-bond donors (Lipinski definition) is 0. The number of carbonyl (C=O) groups is 1. The van der Waals surface area contributed by atoms with E-state index in [0.29, 0.717) is 12.0 Å². The Morgan fingerprint density at radius 3 is 2.23 bits per heavy atom. The fourth-order valence-corrected chi connectivity index (χ4v) is 5.51. The molecule has 0 saturated carbocycles. The predicted octanol–water partition coefficient (Wildman–Crippen LogP) is 3.52. The molecule has 1 aromatic rings. The van der Waals surface area contributed by atoms with Crippen LogP contribution in [-0.2, 0) is 42.9 Å². The molecule has 0 radical (unpaired) electrons. The fourth-order valence-electron chi connectivity index (χ4n) is 3.94. The van der Waals surface area contributed by atoms with E-state index in [2.05, 4.69) is 0 Å². The zero-order valence-corrected chi connectivity index (χ0v) is 22.2. The van der Waals surface area contributed by atoms with Gasteiger partial charge in [0.15, 0.2) is 0 Å². The maximum absolute atomic E-state index is 13.6. The van der Waals surface area contributed by atoms with Crippen LogP contribution in [0.2, 0.25) is 0 Å². The lowest BCUT2D eigenvalue weighted by Crippen LogP contribution is -2.49. The largest absolute Gasteiger partial charge is 0.387 e. The van der Waals surface area contributed by atoms with Crippen LogP contribution >= 0.6 is 0 Å². The molecule has 1 heterocycles. The molecule has 0 saturated heterocycles. The molecule has 11 heteroatoms. The molecule has 0 fully saturated rings. The van der Waals surface area contributed by atoms with Crippen LogP contribution in [0.1, 0.15) is 39.2 Å². The van der Waals surface area contributed by atoms with Gasteiger partial charge in [0.2, 0.25) is 5.78 Å². The number of rotatable bonds is 6. The Morgan fingerprint density at radius 1 is 1.03 bits per heavy atom. The maximum Gasteiger partial charge on any atom is 0.339 e. The van der Waals surface area contributed by atoms with E-state index in [1.54, 1.807) is 26.0 Å². The zero-order chi connectivity index (χ0) is 26.2. The molecule has 2 bridgehead atoms. The first-order valence-electron chi connectivity index (χ1n) is 11.0. The third kappa shape index (κ3) is 5.69. The molecule has 1 aliphatic carbocycles. The molecule has 1 aromatic carbocycles. The second kappa shape index (κ2) is 9.88. The van der Waals surface area contributed by atoms with Gasteiger partial charge in [0, 0.05) is 24.7 Å². The van der Waals surface area contributed by atoms with E-state index in [-0.39, 0.29) is 40.6 Å². The Hall–Kier alpha value is -2.47. The molecule has 192 valence electrons. The van der Waals surface area contributed by atoms with E-state index in [4.69, 9.17) is 17.8 Å². The molecule has 2 unspecified atom stereocenters. The van der Waals surface area contributed by atoms with Crippen LogP contribution in [-0.4, -0.2) is 48.4 Å². The van der Waals surface area contributed by atoms with Gasteiger partial charge in [-0.05, 0) is 56.9 Å². The lowest BCUT2D eigenvalue weighted by molar-refractivity contribution is -0.196. The van der Waals surface area contributed by atoms with Crippen molar-refractivity contribution in [3.05, 3.63) is 64.1 Å². The van der Waals surface area contributed by atoms with E-state index < -0.39 is 37.7 Å². The number of Topliss-reactive ketones (excluding diaryl/α,β-unsaturated/α-hetero) is 1. The summed E-state index contributed by atoms with van der Waals surface area (Å²) in [5.41, 5.74) is 1.72. The van der Waals surface area contributed by atoms with Gasteiger partial charge in [-0.15, -0.1) is 0 Å². The molecular weight excluding hydrogens is 496 g/mol. The second-order valence-electron chi connectivity index (χ2n) is 8.81. The van der Waals surface area contributed by atoms with Crippen LogP contribution < -0.4 is 0 Å². The summed E-state index contributed by atoms with van der Waals surface area (Å²) >= 11 is 0. The molecule has 35 heavy (non-hydrogen) atoms. The Balaban J connectivity index is 2.10. The number of ketones is 1. The van der Waals surface area contributed by atoms with Crippen molar-refractivity contribution >= 4 is 26.0 Å². The first-order valence-corrected chi connectivity index (χ1v) is 14.2. The number of fused-ring (bicyclic) bond motifs is 2. The van der Waals surface area contributed by atoms with Crippen molar-refractivity contribution in [2.45, 2.75) is 51.2 Å². The summed E-state index contributed by atoms with van der Waals surface area (Å²) in [6.07, 6.45) is 2.94. The fraction of sp³-hybridized carbons (Fsp3) is 0.458. The molecule has 0 N–H and O–H groups in total. The standard InChI is InChI=1S/C24H30O9S2/c1-15-7-10-19(11-8-15)35(28,29)33-22-13-20-16(2)9-12-21(32-34(6,26)27)17(3)14-31-24(30-5,18(22)4)23(20)25/h7-8,10-11,13,16H,9,12,14H2,1-6H3/b21-17+. The highest BCUT2D eigenvalue weighted by molar-refractivity contribution is 7.87. The van der Waals surface area contributed by atoms with Gasteiger partial charge in [0.25, 0.3) is 5.79 Å². The van der Waals surface area contributed by atoms with E-state index in [0.717, 1.165) is 11.8 Å². The summed E-state index contributed by atoms with van der Waals surface area (Å²) in [6, 6.07) is 6.20. The number of methoxy groups -OCH3 is 1. The average molecular weight is 527 g/mol.